The van der Waals surface area contributed by atoms with Gasteiger partial charge in [-0.15, -0.1) is 0 Å². The van der Waals surface area contributed by atoms with Crippen molar-refractivity contribution in [2.24, 2.45) is 0 Å². The van der Waals surface area contributed by atoms with Gasteiger partial charge in [-0.25, -0.2) is 4.79 Å². The van der Waals surface area contributed by atoms with E-state index in [4.69, 9.17) is 14.6 Å². The minimum atomic E-state index is -0.637. The minimum absolute atomic E-state index is 0.0648. The first-order valence-corrected chi connectivity index (χ1v) is 6.29. The fourth-order valence-electron chi connectivity index (χ4n) is 1.72. The number of aliphatic hydroxyl groups excluding tert-OH is 1. The second-order valence-corrected chi connectivity index (χ2v) is 4.28. The molecule has 2 aromatic carbocycles. The van der Waals surface area contributed by atoms with Crippen molar-refractivity contribution in [3.63, 3.8) is 0 Å². The second-order valence-electron chi connectivity index (χ2n) is 4.28. The molecule has 21 heavy (non-hydrogen) atoms. The van der Waals surface area contributed by atoms with E-state index in [1.54, 1.807) is 36.4 Å². The molecule has 0 heterocycles. The maximum Gasteiger partial charge on any atom is 0.347 e. The van der Waals surface area contributed by atoms with Crippen LogP contribution in [0, 0.1) is 0 Å². The average Bonchev–Trinajstić information content (AvgIpc) is 2.47. The average molecular weight is 286 g/mol. The Hall–Kier alpha value is -2.66. The zero-order chi connectivity index (χ0) is 15.2. The maximum absolute atomic E-state index is 12.1. The molecule has 0 saturated heterocycles. The van der Waals surface area contributed by atoms with E-state index >= 15 is 0 Å². The van der Waals surface area contributed by atoms with E-state index in [9.17, 15) is 9.59 Å². The third-order valence-electron chi connectivity index (χ3n) is 2.66. The number of aliphatic hydroxyl groups is 1. The van der Waals surface area contributed by atoms with Crippen LogP contribution in [-0.4, -0.2) is 17.0 Å². The summed E-state index contributed by atoms with van der Waals surface area (Å²) < 4.78 is 10.2. The molecule has 1 N–H and O–H groups in total. The third-order valence-corrected chi connectivity index (χ3v) is 2.66. The monoisotopic (exact) mass is 286 g/mol. The summed E-state index contributed by atoms with van der Waals surface area (Å²) in [5.74, 6) is -0.738. The van der Waals surface area contributed by atoms with Crippen LogP contribution in [0.5, 0.6) is 11.5 Å². The lowest BCUT2D eigenvalue weighted by atomic mass is 10.1. The smallest absolute Gasteiger partial charge is 0.347 e. The van der Waals surface area contributed by atoms with Gasteiger partial charge in [-0.1, -0.05) is 24.3 Å². The van der Waals surface area contributed by atoms with Gasteiger partial charge in [-0.05, 0) is 29.8 Å². The van der Waals surface area contributed by atoms with Gasteiger partial charge in [-0.2, -0.15) is 0 Å². The fourth-order valence-corrected chi connectivity index (χ4v) is 1.72. The first-order chi connectivity index (χ1) is 10.1. The molecule has 0 saturated carbocycles. The molecule has 0 aliphatic heterocycles. The van der Waals surface area contributed by atoms with E-state index < -0.39 is 11.9 Å². The number of para-hydroxylation sites is 1. The Balaban J connectivity index is 2.29. The van der Waals surface area contributed by atoms with E-state index in [2.05, 4.69) is 0 Å². The van der Waals surface area contributed by atoms with Gasteiger partial charge < -0.3 is 14.6 Å². The lowest BCUT2D eigenvalue weighted by Crippen LogP contribution is -2.13. The van der Waals surface area contributed by atoms with Crippen molar-refractivity contribution in [2.75, 3.05) is 0 Å². The molecule has 0 fully saturated rings. The lowest BCUT2D eigenvalue weighted by molar-refractivity contribution is -0.131. The van der Waals surface area contributed by atoms with Gasteiger partial charge in [-0.3, -0.25) is 4.79 Å². The molecule has 108 valence electrons. The topological polar surface area (TPSA) is 72.8 Å². The maximum atomic E-state index is 12.1. The molecule has 2 rings (SSSR count). The zero-order valence-electron chi connectivity index (χ0n) is 11.4. The van der Waals surface area contributed by atoms with Crippen molar-refractivity contribution in [1.29, 1.82) is 0 Å². The molecular weight excluding hydrogens is 272 g/mol. The Morgan fingerprint density at radius 1 is 1.05 bits per heavy atom. The molecule has 5 heteroatoms. The van der Waals surface area contributed by atoms with Crippen molar-refractivity contribution >= 4 is 11.9 Å². The summed E-state index contributed by atoms with van der Waals surface area (Å²) in [5.41, 5.74) is 0.647. The molecule has 0 radical (unpaired) electrons. The predicted molar refractivity (Wildman–Crippen MR) is 75.1 cm³/mol. The predicted octanol–water partition coefficient (Wildman–Crippen LogP) is 2.32. The molecule has 0 aliphatic rings. The third kappa shape index (κ3) is 3.90. The van der Waals surface area contributed by atoms with E-state index in [1.807, 2.05) is 0 Å². The molecule has 0 amide bonds. The highest BCUT2D eigenvalue weighted by molar-refractivity contribution is 5.94. The number of hydrogen-bond acceptors (Lipinski definition) is 5. The van der Waals surface area contributed by atoms with E-state index in [1.165, 1.54) is 19.1 Å². The van der Waals surface area contributed by atoms with Crippen molar-refractivity contribution in [2.45, 2.75) is 13.5 Å². The van der Waals surface area contributed by atoms with Gasteiger partial charge in [0.1, 0.15) is 17.1 Å². The molecule has 0 atom stereocenters. The van der Waals surface area contributed by atoms with E-state index in [0.29, 0.717) is 11.3 Å². The first-order valence-electron chi connectivity index (χ1n) is 6.29. The van der Waals surface area contributed by atoms with Crippen LogP contribution in [0.15, 0.2) is 48.5 Å². The zero-order valence-corrected chi connectivity index (χ0v) is 11.4. The second kappa shape index (κ2) is 6.67. The van der Waals surface area contributed by atoms with Crippen molar-refractivity contribution in [3.05, 3.63) is 59.7 Å². The van der Waals surface area contributed by atoms with Gasteiger partial charge in [0.05, 0.1) is 6.61 Å². The molecule has 0 aliphatic carbocycles. The fraction of sp³-hybridized carbons (Fsp3) is 0.125. The van der Waals surface area contributed by atoms with Crippen molar-refractivity contribution in [1.82, 2.24) is 0 Å². The van der Waals surface area contributed by atoms with E-state index in [-0.39, 0.29) is 17.9 Å². The van der Waals surface area contributed by atoms with Crippen LogP contribution in [0.2, 0.25) is 0 Å². The highest BCUT2D eigenvalue weighted by atomic mass is 16.5. The molecule has 0 spiro atoms. The number of esters is 2. The number of rotatable bonds is 4. The van der Waals surface area contributed by atoms with Crippen molar-refractivity contribution < 1.29 is 24.2 Å². The van der Waals surface area contributed by atoms with E-state index in [0.717, 1.165) is 0 Å². The van der Waals surface area contributed by atoms with Crippen LogP contribution in [-0.2, 0) is 11.4 Å². The quantitative estimate of drug-likeness (QED) is 0.689. The van der Waals surface area contributed by atoms with Gasteiger partial charge in [0.25, 0.3) is 0 Å². The van der Waals surface area contributed by atoms with Crippen LogP contribution >= 0.6 is 0 Å². The highest BCUT2D eigenvalue weighted by Gasteiger charge is 2.17. The Morgan fingerprint density at radius 3 is 2.38 bits per heavy atom. The standard InChI is InChI=1S/C16H14O5/c1-11(18)20-15-9-12(10-17)7-8-14(15)16(19)21-13-5-3-2-4-6-13/h2-9,17H,10H2,1H3. The molecule has 2 aromatic rings. The van der Waals surface area contributed by atoms with Crippen LogP contribution in [0.25, 0.3) is 0 Å². The molecular formula is C16H14O5. The molecule has 0 aromatic heterocycles. The largest absolute Gasteiger partial charge is 0.426 e. The number of hydrogen-bond donors (Lipinski definition) is 1. The van der Waals surface area contributed by atoms with Gasteiger partial charge in [0.2, 0.25) is 0 Å². The normalized spacial score (nSPS) is 10.0. The summed E-state index contributed by atoms with van der Waals surface area (Å²) in [6, 6.07) is 13.0. The Morgan fingerprint density at radius 2 is 1.76 bits per heavy atom. The Bertz CT molecular complexity index is 649. The van der Waals surface area contributed by atoms with Crippen molar-refractivity contribution in [3.8, 4) is 11.5 Å². The van der Waals surface area contributed by atoms with Crippen LogP contribution in [0.3, 0.4) is 0 Å². The van der Waals surface area contributed by atoms with Crippen LogP contribution < -0.4 is 9.47 Å². The molecule has 5 nitrogen and oxygen atoms in total. The van der Waals surface area contributed by atoms with Gasteiger partial charge >= 0.3 is 11.9 Å². The number of carbonyl (C=O) groups excluding carboxylic acids is 2. The molecule has 0 unspecified atom stereocenters. The molecule has 0 bridgehead atoms. The number of ether oxygens (including phenoxy) is 2. The lowest BCUT2D eigenvalue weighted by Gasteiger charge is -2.10. The SMILES string of the molecule is CC(=O)Oc1cc(CO)ccc1C(=O)Oc1ccccc1. The number of benzene rings is 2. The van der Waals surface area contributed by atoms with Crippen LogP contribution in [0.1, 0.15) is 22.8 Å². The summed E-state index contributed by atoms with van der Waals surface area (Å²) in [7, 11) is 0. The van der Waals surface area contributed by atoms with Crippen LogP contribution in [0.4, 0.5) is 0 Å². The highest BCUT2D eigenvalue weighted by Crippen LogP contribution is 2.23. The summed E-state index contributed by atoms with van der Waals surface area (Å²) in [4.78, 5) is 23.2. The first kappa shape index (κ1) is 14.7. The summed E-state index contributed by atoms with van der Waals surface area (Å²) >= 11 is 0. The summed E-state index contributed by atoms with van der Waals surface area (Å²) in [6.45, 7) is 1.01. The Labute approximate surface area is 121 Å². The summed E-state index contributed by atoms with van der Waals surface area (Å²) in [6.07, 6.45) is 0. The minimum Gasteiger partial charge on any atom is -0.426 e. The number of carbonyl (C=O) groups is 2. The Kier molecular flexibility index (Phi) is 4.68. The van der Waals surface area contributed by atoms with Gasteiger partial charge in [0, 0.05) is 6.92 Å². The summed E-state index contributed by atoms with van der Waals surface area (Å²) in [5, 5.41) is 9.10. The van der Waals surface area contributed by atoms with Gasteiger partial charge in [0.15, 0.2) is 0 Å².